The van der Waals surface area contributed by atoms with Crippen LogP contribution in [-0.4, -0.2) is 17.0 Å². The highest BCUT2D eigenvalue weighted by molar-refractivity contribution is 5.96. The minimum Gasteiger partial charge on any atom is -0.451 e. The van der Waals surface area contributed by atoms with Crippen LogP contribution < -0.4 is 5.43 Å². The van der Waals surface area contributed by atoms with Crippen LogP contribution in [0.5, 0.6) is 0 Å². The number of nitro groups is 1. The van der Waals surface area contributed by atoms with Gasteiger partial charge in [0, 0.05) is 5.39 Å². The molecular weight excluding hydrogens is 290 g/mol. The van der Waals surface area contributed by atoms with Gasteiger partial charge in [-0.2, -0.15) is 5.10 Å². The van der Waals surface area contributed by atoms with Crippen molar-refractivity contribution >= 4 is 29.0 Å². The number of fused-ring (bicyclic) bond motifs is 1. The Balaban J connectivity index is 1.68. The maximum Gasteiger partial charge on any atom is 0.433 e. The lowest BCUT2D eigenvalue weighted by atomic mass is 10.2. The van der Waals surface area contributed by atoms with Gasteiger partial charge in [-0.15, -0.1) is 0 Å². The molecule has 3 rings (SSSR count). The molecule has 3 aromatic rings. The van der Waals surface area contributed by atoms with Crippen molar-refractivity contribution in [3.05, 3.63) is 64.1 Å². The van der Waals surface area contributed by atoms with Gasteiger partial charge < -0.3 is 8.83 Å². The van der Waals surface area contributed by atoms with Crippen molar-refractivity contribution in [1.82, 2.24) is 5.43 Å². The second-order valence-corrected chi connectivity index (χ2v) is 4.28. The molecule has 1 aromatic carbocycles. The first-order valence-electron chi connectivity index (χ1n) is 6.20. The zero-order chi connectivity index (χ0) is 15.5. The number of nitrogens with zero attached hydrogens (tertiary/aromatic N) is 2. The standard InChI is InChI=1S/C14H9N3O5/c18-14(12-7-9-3-1-2-4-11(9)22-12)16-15-8-10-5-6-13(21-10)17(19)20/h1-8H,(H,16,18)/b15-8-. The Morgan fingerprint density at radius 1 is 1.23 bits per heavy atom. The minimum absolute atomic E-state index is 0.115. The van der Waals surface area contributed by atoms with E-state index in [1.807, 2.05) is 12.1 Å². The number of carbonyl (C=O) groups is 1. The molecule has 0 radical (unpaired) electrons. The minimum atomic E-state index is -0.662. The molecule has 2 heterocycles. The zero-order valence-corrected chi connectivity index (χ0v) is 11.1. The molecule has 8 heteroatoms. The molecule has 0 aliphatic carbocycles. The van der Waals surface area contributed by atoms with E-state index >= 15 is 0 Å². The number of hydrogen-bond donors (Lipinski definition) is 1. The predicted octanol–water partition coefficient (Wildman–Crippen LogP) is 2.70. The van der Waals surface area contributed by atoms with Crippen LogP contribution >= 0.6 is 0 Å². The van der Waals surface area contributed by atoms with Crippen molar-refractivity contribution in [2.45, 2.75) is 0 Å². The van der Waals surface area contributed by atoms with Gasteiger partial charge in [-0.25, -0.2) is 5.43 Å². The van der Waals surface area contributed by atoms with Crippen LogP contribution in [0.1, 0.15) is 16.3 Å². The molecule has 0 bridgehead atoms. The van der Waals surface area contributed by atoms with Crippen molar-refractivity contribution in [3.8, 4) is 0 Å². The monoisotopic (exact) mass is 299 g/mol. The van der Waals surface area contributed by atoms with Gasteiger partial charge in [-0.05, 0) is 18.2 Å². The number of furan rings is 2. The lowest BCUT2D eigenvalue weighted by Gasteiger charge is -1.93. The molecule has 110 valence electrons. The van der Waals surface area contributed by atoms with E-state index in [0.29, 0.717) is 5.58 Å². The summed E-state index contributed by atoms with van der Waals surface area (Å²) in [5, 5.41) is 14.9. The van der Waals surface area contributed by atoms with Crippen LogP contribution in [0.3, 0.4) is 0 Å². The second kappa shape index (κ2) is 5.52. The van der Waals surface area contributed by atoms with Crippen LogP contribution in [0.4, 0.5) is 5.88 Å². The fourth-order valence-electron chi connectivity index (χ4n) is 1.81. The number of carbonyl (C=O) groups excluding carboxylic acids is 1. The average Bonchev–Trinajstić information content (AvgIpc) is 3.13. The van der Waals surface area contributed by atoms with E-state index in [9.17, 15) is 14.9 Å². The van der Waals surface area contributed by atoms with Gasteiger partial charge in [0.25, 0.3) is 0 Å². The molecule has 0 atom stereocenters. The molecule has 1 amide bonds. The van der Waals surface area contributed by atoms with E-state index in [1.165, 1.54) is 12.1 Å². The Morgan fingerprint density at radius 2 is 2.05 bits per heavy atom. The van der Waals surface area contributed by atoms with Crippen LogP contribution in [0.15, 0.2) is 56.4 Å². The smallest absolute Gasteiger partial charge is 0.433 e. The van der Waals surface area contributed by atoms with Crippen molar-refractivity contribution in [3.63, 3.8) is 0 Å². The fourth-order valence-corrected chi connectivity index (χ4v) is 1.81. The summed E-state index contributed by atoms with van der Waals surface area (Å²) in [6, 6.07) is 11.4. The summed E-state index contributed by atoms with van der Waals surface area (Å²) >= 11 is 0. The second-order valence-electron chi connectivity index (χ2n) is 4.28. The van der Waals surface area contributed by atoms with Gasteiger partial charge >= 0.3 is 11.8 Å². The van der Waals surface area contributed by atoms with Gasteiger partial charge in [0.1, 0.15) is 10.5 Å². The molecule has 0 aliphatic rings. The molecule has 0 saturated heterocycles. The number of benzene rings is 1. The zero-order valence-electron chi connectivity index (χ0n) is 11.1. The van der Waals surface area contributed by atoms with E-state index < -0.39 is 16.7 Å². The maximum atomic E-state index is 11.9. The molecule has 8 nitrogen and oxygen atoms in total. The highest BCUT2D eigenvalue weighted by atomic mass is 16.6. The van der Waals surface area contributed by atoms with Crippen molar-refractivity contribution in [2.75, 3.05) is 0 Å². The summed E-state index contributed by atoms with van der Waals surface area (Å²) in [7, 11) is 0. The number of amides is 1. The van der Waals surface area contributed by atoms with Crippen molar-refractivity contribution < 1.29 is 18.6 Å². The third-order valence-corrected chi connectivity index (χ3v) is 2.80. The first-order valence-corrected chi connectivity index (χ1v) is 6.20. The molecule has 2 aromatic heterocycles. The molecule has 0 spiro atoms. The topological polar surface area (TPSA) is 111 Å². The Labute approximate surface area is 123 Å². The number of rotatable bonds is 4. The molecule has 0 fully saturated rings. The number of nitrogens with one attached hydrogen (secondary N) is 1. The summed E-state index contributed by atoms with van der Waals surface area (Å²) in [5.41, 5.74) is 2.85. The van der Waals surface area contributed by atoms with Gasteiger partial charge in [0.15, 0.2) is 11.5 Å². The number of hydrogen-bond acceptors (Lipinski definition) is 6. The van der Waals surface area contributed by atoms with Gasteiger partial charge in [0.05, 0.1) is 12.3 Å². The average molecular weight is 299 g/mol. The van der Waals surface area contributed by atoms with Crippen LogP contribution in [0.25, 0.3) is 11.0 Å². The normalized spacial score (nSPS) is 11.1. The van der Waals surface area contributed by atoms with E-state index in [0.717, 1.165) is 11.6 Å². The Morgan fingerprint density at radius 3 is 2.77 bits per heavy atom. The van der Waals surface area contributed by atoms with E-state index in [2.05, 4.69) is 10.5 Å². The summed E-state index contributed by atoms with van der Waals surface area (Å²) in [4.78, 5) is 21.6. The SMILES string of the molecule is O=C(N/N=C\c1ccc([N+](=O)[O-])o1)c1cc2ccccc2o1. The number of hydrazone groups is 1. The Kier molecular flexibility index (Phi) is 3.40. The first-order chi connectivity index (χ1) is 10.6. The summed E-state index contributed by atoms with van der Waals surface area (Å²) in [6.45, 7) is 0. The lowest BCUT2D eigenvalue weighted by molar-refractivity contribution is -0.402. The maximum absolute atomic E-state index is 11.9. The summed E-state index contributed by atoms with van der Waals surface area (Å²) < 4.78 is 10.2. The van der Waals surface area contributed by atoms with Gasteiger partial charge in [-0.3, -0.25) is 14.9 Å². The van der Waals surface area contributed by atoms with Crippen molar-refractivity contribution in [2.24, 2.45) is 5.10 Å². The largest absolute Gasteiger partial charge is 0.451 e. The Hall–Kier alpha value is -3.42. The Bertz CT molecular complexity index is 844. The predicted molar refractivity (Wildman–Crippen MR) is 76.6 cm³/mol. The highest BCUT2D eigenvalue weighted by Crippen LogP contribution is 2.18. The molecule has 0 aliphatic heterocycles. The molecule has 0 unspecified atom stereocenters. The van der Waals surface area contributed by atoms with Crippen LogP contribution in [-0.2, 0) is 0 Å². The molecule has 22 heavy (non-hydrogen) atoms. The summed E-state index contributed by atoms with van der Waals surface area (Å²) in [5.74, 6) is -0.668. The summed E-state index contributed by atoms with van der Waals surface area (Å²) in [6.07, 6.45) is 1.16. The van der Waals surface area contributed by atoms with Crippen LogP contribution in [0.2, 0.25) is 0 Å². The quantitative estimate of drug-likeness (QED) is 0.452. The fraction of sp³-hybridized carbons (Fsp3) is 0. The first kappa shape index (κ1) is 13.6. The molecular formula is C14H9N3O5. The molecule has 1 N–H and O–H groups in total. The number of para-hydroxylation sites is 1. The van der Waals surface area contributed by atoms with Gasteiger partial charge in [-0.1, -0.05) is 18.2 Å². The highest BCUT2D eigenvalue weighted by Gasteiger charge is 2.12. The van der Waals surface area contributed by atoms with Gasteiger partial charge in [0.2, 0.25) is 0 Å². The van der Waals surface area contributed by atoms with E-state index in [1.54, 1.807) is 18.2 Å². The third-order valence-electron chi connectivity index (χ3n) is 2.80. The van der Waals surface area contributed by atoms with Crippen molar-refractivity contribution in [1.29, 1.82) is 0 Å². The lowest BCUT2D eigenvalue weighted by Crippen LogP contribution is -2.16. The van der Waals surface area contributed by atoms with Crippen LogP contribution in [0, 0.1) is 10.1 Å². The van der Waals surface area contributed by atoms with E-state index in [4.69, 9.17) is 8.83 Å². The van der Waals surface area contributed by atoms with E-state index in [-0.39, 0.29) is 11.5 Å². The third kappa shape index (κ3) is 2.70. The molecule has 0 saturated carbocycles.